The van der Waals surface area contributed by atoms with Gasteiger partial charge >= 0.3 is 0 Å². The Kier molecular flexibility index (Phi) is 5.80. The Morgan fingerprint density at radius 1 is 0.700 bits per heavy atom. The lowest BCUT2D eigenvalue weighted by Gasteiger charge is -2.11. The molecule has 5 heteroatoms. The van der Waals surface area contributed by atoms with Crippen molar-refractivity contribution >= 4 is 22.7 Å². The average Bonchev–Trinajstić information content (AvgIpc) is 2.82. The first kappa shape index (κ1) is 19.3. The molecule has 30 heavy (non-hydrogen) atoms. The lowest BCUT2D eigenvalue weighted by atomic mass is 10.0. The summed E-state index contributed by atoms with van der Waals surface area (Å²) in [5.41, 5.74) is 3.62. The van der Waals surface area contributed by atoms with E-state index in [1.165, 1.54) is 0 Å². The van der Waals surface area contributed by atoms with Crippen LogP contribution in [0.1, 0.15) is 20.7 Å². The third-order valence-electron chi connectivity index (χ3n) is 4.76. The SMILES string of the molecule is O=C(NCCNC(=O)c1cc(-c2ccccc2)nc2ccccc12)c1ccccc1. The maximum absolute atomic E-state index is 12.9. The molecule has 2 amide bonds. The second-order valence-corrected chi connectivity index (χ2v) is 6.82. The number of hydrogen-bond donors (Lipinski definition) is 2. The summed E-state index contributed by atoms with van der Waals surface area (Å²) in [6.45, 7) is 0.669. The number of aromatic nitrogens is 1. The van der Waals surface area contributed by atoms with Gasteiger partial charge in [0.05, 0.1) is 16.8 Å². The van der Waals surface area contributed by atoms with E-state index < -0.39 is 0 Å². The van der Waals surface area contributed by atoms with E-state index in [1.807, 2.05) is 78.9 Å². The molecule has 0 aliphatic heterocycles. The van der Waals surface area contributed by atoms with E-state index in [4.69, 9.17) is 4.98 Å². The van der Waals surface area contributed by atoms with Gasteiger partial charge in [-0.3, -0.25) is 9.59 Å². The number of fused-ring (bicyclic) bond motifs is 1. The van der Waals surface area contributed by atoms with Crippen molar-refractivity contribution in [1.82, 2.24) is 15.6 Å². The first-order valence-corrected chi connectivity index (χ1v) is 9.79. The van der Waals surface area contributed by atoms with Crippen LogP contribution >= 0.6 is 0 Å². The van der Waals surface area contributed by atoms with Crippen LogP contribution < -0.4 is 10.6 Å². The van der Waals surface area contributed by atoms with Gasteiger partial charge in [0.2, 0.25) is 0 Å². The maximum atomic E-state index is 12.9. The third-order valence-corrected chi connectivity index (χ3v) is 4.76. The van der Waals surface area contributed by atoms with Crippen LogP contribution in [0.5, 0.6) is 0 Å². The molecular formula is C25H21N3O2. The Bertz CT molecular complexity index is 1170. The number of nitrogens with one attached hydrogen (secondary N) is 2. The zero-order chi connectivity index (χ0) is 20.8. The Morgan fingerprint density at radius 2 is 1.30 bits per heavy atom. The van der Waals surface area contributed by atoms with Crippen LogP contribution in [-0.4, -0.2) is 29.9 Å². The van der Waals surface area contributed by atoms with Crippen molar-refractivity contribution in [3.63, 3.8) is 0 Å². The van der Waals surface area contributed by atoms with Gasteiger partial charge in [0.25, 0.3) is 11.8 Å². The van der Waals surface area contributed by atoms with Crippen LogP contribution in [0, 0.1) is 0 Å². The molecule has 3 aromatic carbocycles. The normalized spacial score (nSPS) is 10.5. The fraction of sp³-hybridized carbons (Fsp3) is 0.0800. The van der Waals surface area contributed by atoms with Crippen molar-refractivity contribution in [2.24, 2.45) is 0 Å². The molecule has 0 atom stereocenters. The maximum Gasteiger partial charge on any atom is 0.252 e. The van der Waals surface area contributed by atoms with Crippen LogP contribution in [0.15, 0.2) is 91.0 Å². The van der Waals surface area contributed by atoms with E-state index in [0.717, 1.165) is 22.2 Å². The van der Waals surface area contributed by atoms with E-state index in [2.05, 4.69) is 10.6 Å². The fourth-order valence-corrected chi connectivity index (χ4v) is 3.26. The number of pyridine rings is 1. The van der Waals surface area contributed by atoms with Crippen LogP contribution in [0.2, 0.25) is 0 Å². The van der Waals surface area contributed by atoms with E-state index >= 15 is 0 Å². The number of carbonyl (C=O) groups excluding carboxylic acids is 2. The lowest BCUT2D eigenvalue weighted by Crippen LogP contribution is -2.34. The van der Waals surface area contributed by atoms with Gasteiger partial charge in [-0.2, -0.15) is 0 Å². The van der Waals surface area contributed by atoms with Crippen molar-refractivity contribution in [2.45, 2.75) is 0 Å². The summed E-state index contributed by atoms with van der Waals surface area (Å²) in [4.78, 5) is 29.7. The summed E-state index contributed by atoms with van der Waals surface area (Å²) < 4.78 is 0. The summed E-state index contributed by atoms with van der Waals surface area (Å²) in [6.07, 6.45) is 0. The number of rotatable bonds is 6. The van der Waals surface area contributed by atoms with Gasteiger partial charge in [-0.05, 0) is 24.3 Å². The number of hydrogen-bond acceptors (Lipinski definition) is 3. The molecule has 0 saturated heterocycles. The summed E-state index contributed by atoms with van der Waals surface area (Å²) in [5, 5.41) is 6.50. The van der Waals surface area contributed by atoms with Gasteiger partial charge in [0, 0.05) is 29.6 Å². The topological polar surface area (TPSA) is 71.1 Å². The van der Waals surface area contributed by atoms with Gasteiger partial charge in [0.1, 0.15) is 0 Å². The highest BCUT2D eigenvalue weighted by Gasteiger charge is 2.13. The van der Waals surface area contributed by atoms with Gasteiger partial charge in [-0.1, -0.05) is 66.7 Å². The zero-order valence-electron chi connectivity index (χ0n) is 16.3. The van der Waals surface area contributed by atoms with E-state index in [9.17, 15) is 9.59 Å². The first-order valence-electron chi connectivity index (χ1n) is 9.79. The van der Waals surface area contributed by atoms with Gasteiger partial charge in [-0.25, -0.2) is 4.98 Å². The first-order chi connectivity index (χ1) is 14.7. The molecule has 0 fully saturated rings. The minimum absolute atomic E-state index is 0.162. The van der Waals surface area contributed by atoms with E-state index in [-0.39, 0.29) is 11.8 Å². The monoisotopic (exact) mass is 395 g/mol. The molecule has 4 aromatic rings. The molecule has 0 spiro atoms. The Labute approximate surface area is 174 Å². The van der Waals surface area contributed by atoms with Crippen LogP contribution in [-0.2, 0) is 0 Å². The quantitative estimate of drug-likeness (QED) is 0.484. The molecule has 1 aromatic heterocycles. The molecular weight excluding hydrogens is 374 g/mol. The zero-order valence-corrected chi connectivity index (χ0v) is 16.3. The molecule has 4 rings (SSSR count). The van der Waals surface area contributed by atoms with Gasteiger partial charge in [-0.15, -0.1) is 0 Å². The third kappa shape index (κ3) is 4.36. The highest BCUT2D eigenvalue weighted by Crippen LogP contribution is 2.24. The van der Waals surface area contributed by atoms with Crippen molar-refractivity contribution in [1.29, 1.82) is 0 Å². The Balaban J connectivity index is 1.48. The molecule has 0 unspecified atom stereocenters. The van der Waals surface area contributed by atoms with Gasteiger partial charge in [0.15, 0.2) is 0 Å². The van der Waals surface area contributed by atoms with Gasteiger partial charge < -0.3 is 10.6 Å². The second-order valence-electron chi connectivity index (χ2n) is 6.82. The number of carbonyl (C=O) groups is 2. The molecule has 2 N–H and O–H groups in total. The minimum atomic E-state index is -0.195. The minimum Gasteiger partial charge on any atom is -0.350 e. The summed E-state index contributed by atoms with van der Waals surface area (Å²) in [5.74, 6) is -0.356. The standard InChI is InChI=1S/C25H21N3O2/c29-24(19-11-5-2-6-12-19)26-15-16-27-25(30)21-17-23(18-9-3-1-4-10-18)28-22-14-8-7-13-20(21)22/h1-14,17H,15-16H2,(H,26,29)(H,27,30). The van der Waals surface area contributed by atoms with Crippen LogP contribution in [0.4, 0.5) is 0 Å². The largest absolute Gasteiger partial charge is 0.350 e. The second kappa shape index (κ2) is 9.01. The fourth-order valence-electron chi connectivity index (χ4n) is 3.26. The van der Waals surface area contributed by atoms with Crippen molar-refractivity contribution in [3.05, 3.63) is 102 Å². The smallest absolute Gasteiger partial charge is 0.252 e. The molecule has 1 heterocycles. The molecule has 5 nitrogen and oxygen atoms in total. The molecule has 148 valence electrons. The van der Waals surface area contributed by atoms with Crippen LogP contribution in [0.25, 0.3) is 22.2 Å². The summed E-state index contributed by atoms with van der Waals surface area (Å²) >= 11 is 0. The van der Waals surface area contributed by atoms with Crippen molar-refractivity contribution < 1.29 is 9.59 Å². The molecule has 0 radical (unpaired) electrons. The Morgan fingerprint density at radius 3 is 2.03 bits per heavy atom. The lowest BCUT2D eigenvalue weighted by molar-refractivity contribution is 0.0928. The summed E-state index contributed by atoms with van der Waals surface area (Å²) in [7, 11) is 0. The molecule has 0 saturated carbocycles. The number of nitrogens with zero attached hydrogens (tertiary/aromatic N) is 1. The molecule has 0 aliphatic rings. The number of para-hydroxylation sites is 1. The molecule has 0 bridgehead atoms. The van der Waals surface area contributed by atoms with Crippen LogP contribution in [0.3, 0.4) is 0 Å². The highest BCUT2D eigenvalue weighted by molar-refractivity contribution is 6.07. The summed E-state index contributed by atoms with van der Waals surface area (Å²) in [6, 6.07) is 28.2. The van der Waals surface area contributed by atoms with Crippen molar-refractivity contribution in [3.8, 4) is 11.3 Å². The predicted molar refractivity (Wildman–Crippen MR) is 118 cm³/mol. The number of benzene rings is 3. The molecule has 0 aliphatic carbocycles. The van der Waals surface area contributed by atoms with Crippen molar-refractivity contribution in [2.75, 3.05) is 13.1 Å². The van der Waals surface area contributed by atoms with E-state index in [1.54, 1.807) is 12.1 Å². The highest BCUT2D eigenvalue weighted by atomic mass is 16.2. The van der Waals surface area contributed by atoms with E-state index in [0.29, 0.717) is 24.2 Å². The number of amides is 2. The predicted octanol–water partition coefficient (Wildman–Crippen LogP) is 4.06. The Hall–Kier alpha value is -3.99. The average molecular weight is 395 g/mol.